The van der Waals surface area contributed by atoms with Crippen molar-refractivity contribution in [3.63, 3.8) is 0 Å². The van der Waals surface area contributed by atoms with Crippen LogP contribution in [-0.2, 0) is 12.8 Å². The van der Waals surface area contributed by atoms with E-state index in [9.17, 15) is 4.79 Å². The van der Waals surface area contributed by atoms with Gasteiger partial charge in [0.1, 0.15) is 5.82 Å². The number of nitrogens with one attached hydrogen (secondary N) is 1. The third kappa shape index (κ3) is 3.70. The number of hydrogen-bond donors (Lipinski definition) is 1. The lowest BCUT2D eigenvalue weighted by atomic mass is 10.0. The number of carbonyl (C=O) groups is 1. The van der Waals surface area contributed by atoms with Crippen LogP contribution in [0.4, 0.5) is 5.82 Å². The van der Waals surface area contributed by atoms with Gasteiger partial charge in [0.25, 0.3) is 5.91 Å². The molecule has 1 fully saturated rings. The van der Waals surface area contributed by atoms with E-state index in [0.29, 0.717) is 0 Å². The van der Waals surface area contributed by atoms with Gasteiger partial charge in [-0.1, -0.05) is 30.3 Å². The molecule has 3 aromatic rings. The molecule has 1 saturated heterocycles. The van der Waals surface area contributed by atoms with Crippen molar-refractivity contribution in [2.75, 3.05) is 31.1 Å². The summed E-state index contributed by atoms with van der Waals surface area (Å²) in [6.45, 7) is 3.45. The normalized spacial score (nSPS) is 16.8. The summed E-state index contributed by atoms with van der Waals surface area (Å²) < 4.78 is 0. The predicted octanol–water partition coefficient (Wildman–Crippen LogP) is 3.70. The first-order chi connectivity index (χ1) is 14.8. The molecule has 6 heteroatoms. The first-order valence-corrected chi connectivity index (χ1v) is 10.9. The lowest BCUT2D eigenvalue weighted by molar-refractivity contribution is 0.0724. The minimum atomic E-state index is 0.133. The Balaban J connectivity index is 1.34. The molecule has 1 aromatic carbocycles. The van der Waals surface area contributed by atoms with E-state index in [-0.39, 0.29) is 5.91 Å². The van der Waals surface area contributed by atoms with Crippen LogP contribution in [0.15, 0.2) is 48.7 Å². The van der Waals surface area contributed by atoms with Gasteiger partial charge in [-0.3, -0.25) is 9.89 Å². The van der Waals surface area contributed by atoms with Crippen LogP contribution in [0.5, 0.6) is 0 Å². The van der Waals surface area contributed by atoms with Gasteiger partial charge in [-0.05, 0) is 37.8 Å². The van der Waals surface area contributed by atoms with E-state index in [1.165, 1.54) is 17.7 Å². The highest BCUT2D eigenvalue weighted by Crippen LogP contribution is 2.28. The highest BCUT2D eigenvalue weighted by Gasteiger charge is 2.23. The zero-order chi connectivity index (χ0) is 20.3. The summed E-state index contributed by atoms with van der Waals surface area (Å²) in [4.78, 5) is 21.8. The number of benzene rings is 1. The summed E-state index contributed by atoms with van der Waals surface area (Å²) in [5.41, 5.74) is 5.45. The fourth-order valence-electron chi connectivity index (χ4n) is 4.55. The number of H-pyrrole nitrogens is 1. The molecule has 0 aliphatic carbocycles. The maximum absolute atomic E-state index is 12.9. The van der Waals surface area contributed by atoms with E-state index < -0.39 is 0 Å². The van der Waals surface area contributed by atoms with Gasteiger partial charge >= 0.3 is 0 Å². The molecule has 0 spiro atoms. The van der Waals surface area contributed by atoms with E-state index in [2.05, 4.69) is 32.2 Å². The molecule has 2 aromatic heterocycles. The van der Waals surface area contributed by atoms with E-state index in [1.807, 2.05) is 35.2 Å². The number of pyridine rings is 1. The van der Waals surface area contributed by atoms with Gasteiger partial charge in [-0.2, -0.15) is 5.10 Å². The number of nitrogens with zero attached hydrogens (tertiary/aromatic N) is 4. The van der Waals surface area contributed by atoms with Crippen molar-refractivity contribution in [3.8, 4) is 11.3 Å². The molecule has 4 heterocycles. The summed E-state index contributed by atoms with van der Waals surface area (Å²) in [5, 5.41) is 7.84. The van der Waals surface area contributed by atoms with E-state index in [1.54, 1.807) is 6.20 Å². The fraction of sp³-hybridized carbons (Fsp3) is 0.375. The van der Waals surface area contributed by atoms with Crippen LogP contribution < -0.4 is 4.90 Å². The number of hydrogen-bond acceptors (Lipinski definition) is 4. The van der Waals surface area contributed by atoms with Gasteiger partial charge in [0.15, 0.2) is 0 Å². The van der Waals surface area contributed by atoms with Crippen LogP contribution >= 0.6 is 0 Å². The molecule has 0 unspecified atom stereocenters. The highest BCUT2D eigenvalue weighted by atomic mass is 16.2. The Morgan fingerprint density at radius 3 is 2.57 bits per heavy atom. The molecular formula is C24H27N5O. The van der Waals surface area contributed by atoms with Crippen LogP contribution in [0, 0.1) is 0 Å². The third-order valence-electron chi connectivity index (χ3n) is 6.22. The van der Waals surface area contributed by atoms with Crippen LogP contribution in [0.1, 0.15) is 40.9 Å². The van der Waals surface area contributed by atoms with Crippen molar-refractivity contribution in [1.82, 2.24) is 20.1 Å². The first-order valence-electron chi connectivity index (χ1n) is 10.9. The van der Waals surface area contributed by atoms with E-state index in [0.717, 1.165) is 74.5 Å². The zero-order valence-electron chi connectivity index (χ0n) is 17.2. The van der Waals surface area contributed by atoms with Crippen LogP contribution in [0.2, 0.25) is 0 Å². The average Bonchev–Trinajstić information content (AvgIpc) is 3.11. The monoisotopic (exact) mass is 401 g/mol. The Labute approximate surface area is 176 Å². The van der Waals surface area contributed by atoms with Crippen molar-refractivity contribution < 1.29 is 4.79 Å². The summed E-state index contributed by atoms with van der Waals surface area (Å²) in [5.74, 6) is 1.02. The topological polar surface area (TPSA) is 65.1 Å². The molecular weight excluding hydrogens is 374 g/mol. The number of aromatic amines is 1. The Morgan fingerprint density at radius 1 is 0.933 bits per heavy atom. The molecule has 30 heavy (non-hydrogen) atoms. The zero-order valence-corrected chi connectivity index (χ0v) is 17.2. The summed E-state index contributed by atoms with van der Waals surface area (Å²) in [6.07, 6.45) is 6.99. The largest absolute Gasteiger partial charge is 0.356 e. The lowest BCUT2D eigenvalue weighted by Crippen LogP contribution is -2.35. The van der Waals surface area contributed by atoms with Crippen molar-refractivity contribution in [1.29, 1.82) is 0 Å². The minimum absolute atomic E-state index is 0.133. The van der Waals surface area contributed by atoms with Crippen molar-refractivity contribution in [3.05, 3.63) is 65.5 Å². The molecule has 154 valence electrons. The maximum atomic E-state index is 12.9. The van der Waals surface area contributed by atoms with Gasteiger partial charge in [-0.15, -0.1) is 0 Å². The van der Waals surface area contributed by atoms with E-state index in [4.69, 9.17) is 0 Å². The Bertz CT molecular complexity index is 1020. The first kappa shape index (κ1) is 18.9. The smallest absolute Gasteiger partial charge is 0.254 e. The molecule has 1 amide bonds. The highest BCUT2D eigenvalue weighted by molar-refractivity contribution is 5.95. The van der Waals surface area contributed by atoms with Crippen LogP contribution in [-0.4, -0.2) is 52.2 Å². The SMILES string of the molecule is O=C(c1ccnc(N2CCc3[nH]nc(-c4ccccc4)c3CC2)c1)N1CCCCC1. The third-order valence-corrected chi connectivity index (χ3v) is 6.22. The van der Waals surface area contributed by atoms with Gasteiger partial charge in [0.2, 0.25) is 0 Å². The van der Waals surface area contributed by atoms with Gasteiger partial charge < -0.3 is 9.80 Å². The maximum Gasteiger partial charge on any atom is 0.254 e. The number of fused-ring (bicyclic) bond motifs is 1. The molecule has 0 bridgehead atoms. The number of piperidine rings is 1. The number of anilines is 1. The van der Waals surface area contributed by atoms with Crippen LogP contribution in [0.25, 0.3) is 11.3 Å². The Kier molecular flexibility index (Phi) is 5.22. The van der Waals surface area contributed by atoms with E-state index >= 15 is 0 Å². The molecule has 2 aliphatic rings. The second-order valence-corrected chi connectivity index (χ2v) is 8.14. The lowest BCUT2D eigenvalue weighted by Gasteiger charge is -2.27. The molecule has 0 saturated carbocycles. The van der Waals surface area contributed by atoms with Gasteiger partial charge in [0.05, 0.1) is 5.69 Å². The average molecular weight is 402 g/mol. The number of aromatic nitrogens is 3. The second kappa shape index (κ2) is 8.30. The molecule has 5 rings (SSSR count). The summed E-state index contributed by atoms with van der Waals surface area (Å²) >= 11 is 0. The van der Waals surface area contributed by atoms with Crippen molar-refractivity contribution in [2.24, 2.45) is 0 Å². The Hall–Kier alpha value is -3.15. The number of rotatable bonds is 3. The predicted molar refractivity (Wildman–Crippen MR) is 118 cm³/mol. The van der Waals surface area contributed by atoms with Gasteiger partial charge in [-0.25, -0.2) is 4.98 Å². The molecule has 6 nitrogen and oxygen atoms in total. The van der Waals surface area contributed by atoms with Crippen molar-refractivity contribution >= 4 is 11.7 Å². The molecule has 0 atom stereocenters. The number of carbonyl (C=O) groups excluding carboxylic acids is 1. The minimum Gasteiger partial charge on any atom is -0.356 e. The number of likely N-dealkylation sites (tertiary alicyclic amines) is 1. The summed E-state index contributed by atoms with van der Waals surface area (Å²) in [6, 6.07) is 14.2. The standard InChI is InChI=1S/C24H27N5O/c30-24(29-13-5-2-6-14-29)19-9-12-25-22(17-19)28-15-10-20-21(11-16-28)26-27-23(20)18-7-3-1-4-8-18/h1,3-4,7-9,12,17H,2,5-6,10-11,13-16H2,(H,26,27). The molecule has 2 aliphatic heterocycles. The quantitative estimate of drug-likeness (QED) is 0.727. The van der Waals surface area contributed by atoms with Crippen LogP contribution in [0.3, 0.4) is 0 Å². The van der Waals surface area contributed by atoms with Crippen molar-refractivity contribution in [2.45, 2.75) is 32.1 Å². The Morgan fingerprint density at radius 2 is 1.73 bits per heavy atom. The molecule has 1 N–H and O–H groups in total. The van der Waals surface area contributed by atoms with Gasteiger partial charge in [0, 0.05) is 61.2 Å². The number of amides is 1. The summed E-state index contributed by atoms with van der Waals surface area (Å²) in [7, 11) is 0. The molecule has 0 radical (unpaired) electrons. The fourth-order valence-corrected chi connectivity index (χ4v) is 4.55. The second-order valence-electron chi connectivity index (χ2n) is 8.14.